The lowest BCUT2D eigenvalue weighted by atomic mass is 9.67. The molecule has 4 rings (SSSR count). The van der Waals surface area contributed by atoms with Gasteiger partial charge in [0.2, 0.25) is 0 Å². The Balaban J connectivity index is 1.66. The Labute approximate surface area is 127 Å². The predicted octanol–water partition coefficient (Wildman–Crippen LogP) is 0.184. The summed E-state index contributed by atoms with van der Waals surface area (Å²) in [7, 11) is 0. The smallest absolute Gasteiger partial charge is 0.347 e. The Hall–Kier alpha value is -1.63. The molecule has 2 aliphatic carbocycles. The van der Waals surface area contributed by atoms with Crippen LogP contribution in [-0.2, 0) is 28.6 Å². The van der Waals surface area contributed by atoms with E-state index in [0.29, 0.717) is 12.3 Å². The van der Waals surface area contributed by atoms with Crippen molar-refractivity contribution in [1.29, 1.82) is 0 Å². The third-order valence-corrected chi connectivity index (χ3v) is 4.86. The minimum Gasteiger partial charge on any atom is -0.458 e. The van der Waals surface area contributed by atoms with Crippen LogP contribution >= 0.6 is 0 Å². The van der Waals surface area contributed by atoms with E-state index in [1.165, 1.54) is 6.92 Å². The molecule has 22 heavy (non-hydrogen) atoms. The Morgan fingerprint density at radius 1 is 1.32 bits per heavy atom. The number of fused-ring (bicyclic) bond motifs is 1. The maximum atomic E-state index is 12.1. The molecule has 2 heterocycles. The standard InChI is InChI=1S/C15H20O7/c1-7(20-12(17)6-16)14(18)22-13-9-2-8-3-10(5-9)15(19)21-11(13)4-8/h7-11,13,16H,2-6H2,1H3. The van der Waals surface area contributed by atoms with Crippen LogP contribution in [0.5, 0.6) is 0 Å². The summed E-state index contributed by atoms with van der Waals surface area (Å²) in [6.45, 7) is 0.610. The maximum absolute atomic E-state index is 12.1. The van der Waals surface area contributed by atoms with Crippen molar-refractivity contribution in [2.75, 3.05) is 6.61 Å². The van der Waals surface area contributed by atoms with Crippen LogP contribution in [-0.4, -0.2) is 47.9 Å². The molecule has 6 unspecified atom stereocenters. The summed E-state index contributed by atoms with van der Waals surface area (Å²) < 4.78 is 15.7. The van der Waals surface area contributed by atoms with Gasteiger partial charge >= 0.3 is 17.9 Å². The molecule has 0 amide bonds. The molecule has 7 nitrogen and oxygen atoms in total. The van der Waals surface area contributed by atoms with Gasteiger partial charge in [-0.3, -0.25) is 4.79 Å². The number of aliphatic hydroxyl groups is 1. The first-order chi connectivity index (χ1) is 10.5. The summed E-state index contributed by atoms with van der Waals surface area (Å²) in [5.74, 6) is -1.23. The molecule has 0 aromatic rings. The first kappa shape index (κ1) is 15.3. The lowest BCUT2D eigenvalue weighted by molar-refractivity contribution is -0.184. The number of rotatable bonds is 4. The first-order valence-electron chi connectivity index (χ1n) is 7.69. The summed E-state index contributed by atoms with van der Waals surface area (Å²) in [6.07, 6.45) is 1.27. The van der Waals surface area contributed by atoms with E-state index in [0.717, 1.165) is 19.3 Å². The van der Waals surface area contributed by atoms with Gasteiger partial charge in [0.25, 0.3) is 0 Å². The van der Waals surface area contributed by atoms with Gasteiger partial charge in [0.15, 0.2) is 6.10 Å². The molecule has 0 radical (unpaired) electrons. The molecule has 4 fully saturated rings. The Morgan fingerprint density at radius 3 is 2.82 bits per heavy atom. The van der Waals surface area contributed by atoms with Crippen molar-refractivity contribution in [2.24, 2.45) is 17.8 Å². The molecule has 2 aliphatic heterocycles. The molecule has 0 aromatic heterocycles. The van der Waals surface area contributed by atoms with Crippen molar-refractivity contribution in [3.8, 4) is 0 Å². The van der Waals surface area contributed by atoms with Crippen molar-refractivity contribution < 1.29 is 33.7 Å². The third-order valence-electron chi connectivity index (χ3n) is 4.86. The zero-order valence-electron chi connectivity index (χ0n) is 12.4. The van der Waals surface area contributed by atoms with E-state index in [-0.39, 0.29) is 17.8 Å². The van der Waals surface area contributed by atoms with Gasteiger partial charge in [0, 0.05) is 5.92 Å². The second-order valence-corrected chi connectivity index (χ2v) is 6.43. The van der Waals surface area contributed by atoms with E-state index >= 15 is 0 Å². The molecule has 0 spiro atoms. The second-order valence-electron chi connectivity index (χ2n) is 6.43. The number of ether oxygens (including phenoxy) is 3. The predicted molar refractivity (Wildman–Crippen MR) is 71.3 cm³/mol. The van der Waals surface area contributed by atoms with Crippen LogP contribution < -0.4 is 0 Å². The number of carbonyl (C=O) groups excluding carboxylic acids is 3. The van der Waals surface area contributed by atoms with Gasteiger partial charge in [0.1, 0.15) is 18.8 Å². The van der Waals surface area contributed by atoms with Crippen molar-refractivity contribution in [3.05, 3.63) is 0 Å². The largest absolute Gasteiger partial charge is 0.458 e. The number of aliphatic hydroxyl groups excluding tert-OH is 1. The van der Waals surface area contributed by atoms with Gasteiger partial charge in [-0.15, -0.1) is 0 Å². The molecular formula is C15H20O7. The molecule has 2 saturated carbocycles. The van der Waals surface area contributed by atoms with E-state index in [2.05, 4.69) is 0 Å². The summed E-state index contributed by atoms with van der Waals surface area (Å²) in [4.78, 5) is 35.0. The molecular weight excluding hydrogens is 292 g/mol. The minimum absolute atomic E-state index is 0.0814. The van der Waals surface area contributed by atoms with Crippen LogP contribution in [0.15, 0.2) is 0 Å². The van der Waals surface area contributed by atoms with Gasteiger partial charge in [0.05, 0.1) is 5.92 Å². The lowest BCUT2D eigenvalue weighted by Gasteiger charge is -2.41. The Kier molecular flexibility index (Phi) is 4.08. The molecule has 0 aromatic carbocycles. The monoisotopic (exact) mass is 312 g/mol. The molecule has 4 bridgehead atoms. The summed E-state index contributed by atoms with van der Waals surface area (Å²) in [5.41, 5.74) is 0. The van der Waals surface area contributed by atoms with Crippen LogP contribution in [0.4, 0.5) is 0 Å². The lowest BCUT2D eigenvalue weighted by Crippen LogP contribution is -2.46. The second kappa shape index (κ2) is 5.87. The normalized spacial score (nSPS) is 37.2. The average molecular weight is 312 g/mol. The highest BCUT2D eigenvalue weighted by atomic mass is 16.6. The topological polar surface area (TPSA) is 99.1 Å². The fraction of sp³-hybridized carbons (Fsp3) is 0.800. The molecule has 2 saturated heterocycles. The van der Waals surface area contributed by atoms with Crippen LogP contribution in [0.3, 0.4) is 0 Å². The highest BCUT2D eigenvalue weighted by Crippen LogP contribution is 2.48. The zero-order chi connectivity index (χ0) is 15.9. The molecule has 4 aliphatic rings. The van der Waals surface area contributed by atoms with Crippen molar-refractivity contribution in [1.82, 2.24) is 0 Å². The van der Waals surface area contributed by atoms with Crippen molar-refractivity contribution >= 4 is 17.9 Å². The van der Waals surface area contributed by atoms with Crippen LogP contribution in [0.25, 0.3) is 0 Å². The molecule has 1 N–H and O–H groups in total. The van der Waals surface area contributed by atoms with Crippen molar-refractivity contribution in [2.45, 2.75) is 50.9 Å². The summed E-state index contributed by atoms with van der Waals surface area (Å²) in [5, 5.41) is 8.63. The van der Waals surface area contributed by atoms with E-state index in [1.54, 1.807) is 0 Å². The summed E-state index contributed by atoms with van der Waals surface area (Å²) >= 11 is 0. The van der Waals surface area contributed by atoms with Gasteiger partial charge in [-0.25, -0.2) is 9.59 Å². The van der Waals surface area contributed by atoms with Gasteiger partial charge in [-0.1, -0.05) is 0 Å². The third kappa shape index (κ3) is 2.82. The minimum atomic E-state index is -1.09. The molecule has 7 heteroatoms. The average Bonchev–Trinajstić information content (AvgIpc) is 2.64. The van der Waals surface area contributed by atoms with E-state index in [1.807, 2.05) is 0 Å². The zero-order valence-corrected chi connectivity index (χ0v) is 12.4. The highest BCUT2D eigenvalue weighted by molar-refractivity contribution is 5.79. The number of esters is 3. The Morgan fingerprint density at radius 2 is 2.09 bits per heavy atom. The molecule has 6 atom stereocenters. The van der Waals surface area contributed by atoms with Gasteiger partial charge < -0.3 is 19.3 Å². The van der Waals surface area contributed by atoms with E-state index in [9.17, 15) is 14.4 Å². The van der Waals surface area contributed by atoms with Gasteiger partial charge in [-0.2, -0.15) is 0 Å². The first-order valence-corrected chi connectivity index (χ1v) is 7.69. The quantitative estimate of drug-likeness (QED) is 0.584. The van der Waals surface area contributed by atoms with Gasteiger partial charge in [-0.05, 0) is 38.5 Å². The van der Waals surface area contributed by atoms with Crippen LogP contribution in [0.1, 0.15) is 32.6 Å². The fourth-order valence-corrected chi connectivity index (χ4v) is 3.95. The highest BCUT2D eigenvalue weighted by Gasteiger charge is 2.51. The van der Waals surface area contributed by atoms with E-state index < -0.39 is 36.9 Å². The van der Waals surface area contributed by atoms with Crippen LogP contribution in [0.2, 0.25) is 0 Å². The fourth-order valence-electron chi connectivity index (χ4n) is 3.95. The Bertz CT molecular complexity index is 488. The number of carbonyl (C=O) groups is 3. The maximum Gasteiger partial charge on any atom is 0.347 e. The summed E-state index contributed by atoms with van der Waals surface area (Å²) in [6, 6.07) is 0. The molecule has 122 valence electrons. The SMILES string of the molecule is CC(OC(=O)CO)C(=O)OC1C2CC3CC(C2)C(=O)OC1C3. The number of hydrogen-bond donors (Lipinski definition) is 1. The van der Waals surface area contributed by atoms with Crippen LogP contribution in [0, 0.1) is 17.8 Å². The van der Waals surface area contributed by atoms with Crippen molar-refractivity contribution in [3.63, 3.8) is 0 Å². The number of hydrogen-bond acceptors (Lipinski definition) is 7. The van der Waals surface area contributed by atoms with E-state index in [4.69, 9.17) is 19.3 Å².